The Morgan fingerprint density at radius 2 is 1.19 bits per heavy atom. The third kappa shape index (κ3) is 4.37. The van der Waals surface area contributed by atoms with Crippen molar-refractivity contribution in [2.45, 2.75) is 12.6 Å². The van der Waals surface area contributed by atoms with Gasteiger partial charge in [-0.25, -0.2) is 4.68 Å². The van der Waals surface area contributed by atoms with E-state index in [2.05, 4.69) is 5.10 Å². The van der Waals surface area contributed by atoms with Crippen LogP contribution < -0.4 is 16.2 Å². The highest BCUT2D eigenvalue weighted by atomic mass is 35.5. The molecule has 5 rings (SSSR count). The van der Waals surface area contributed by atoms with Gasteiger partial charge in [-0.2, -0.15) is 0 Å². The van der Waals surface area contributed by atoms with Gasteiger partial charge in [-0.15, -0.1) is 0 Å². The van der Waals surface area contributed by atoms with Gasteiger partial charge in [-0.3, -0.25) is 9.89 Å². The van der Waals surface area contributed by atoms with E-state index in [0.29, 0.717) is 37.6 Å². The van der Waals surface area contributed by atoms with E-state index in [-0.39, 0.29) is 5.56 Å². The fourth-order valence-electron chi connectivity index (χ4n) is 4.60. The Morgan fingerprint density at radius 3 is 1.69 bits per heavy atom. The maximum atomic E-state index is 15.5. The number of hydrogen-bond acceptors (Lipinski definition) is 2. The van der Waals surface area contributed by atoms with Crippen molar-refractivity contribution in [1.82, 2.24) is 9.78 Å². The van der Waals surface area contributed by atoms with Gasteiger partial charge in [0, 0.05) is 26.3 Å². The number of aromatic amines is 1. The second-order valence-electron chi connectivity index (χ2n) is 8.55. The molecule has 4 nitrogen and oxygen atoms in total. The fraction of sp³-hybridized carbons (Fsp3) is 0.0690. The van der Waals surface area contributed by atoms with Gasteiger partial charge < -0.3 is 4.57 Å². The van der Waals surface area contributed by atoms with Crippen LogP contribution in [0.4, 0.5) is 0 Å². The summed E-state index contributed by atoms with van der Waals surface area (Å²) in [6.45, 7) is 1.84. The van der Waals surface area contributed by atoms with Crippen LogP contribution in [0.25, 0.3) is 5.69 Å². The first-order chi connectivity index (χ1) is 17.4. The van der Waals surface area contributed by atoms with Crippen LogP contribution in [0.15, 0.2) is 114 Å². The number of rotatable bonds is 6. The molecule has 0 aliphatic carbocycles. The second-order valence-corrected chi connectivity index (χ2v) is 12.3. The van der Waals surface area contributed by atoms with Crippen molar-refractivity contribution in [3.63, 3.8) is 0 Å². The van der Waals surface area contributed by atoms with Gasteiger partial charge in [0.1, 0.15) is 0 Å². The summed E-state index contributed by atoms with van der Waals surface area (Å²) in [7, 11) is -3.43. The smallest absolute Gasteiger partial charge is 0.275 e. The number of nitrogens with zero attached hydrogens (tertiary/aromatic N) is 1. The maximum Gasteiger partial charge on any atom is 0.275 e. The SMILES string of the molecule is Cc1[nH]n(-c2ccc(Cl)cc2)c(=O)c1C(c1ccc(Cl)cc1)P(=O)(c1ccccc1)c1ccccc1. The van der Waals surface area contributed by atoms with Crippen LogP contribution in [0.1, 0.15) is 22.5 Å². The second kappa shape index (κ2) is 9.99. The van der Waals surface area contributed by atoms with E-state index in [1.54, 1.807) is 36.4 Å². The molecule has 1 unspecified atom stereocenters. The van der Waals surface area contributed by atoms with Gasteiger partial charge in [-0.1, -0.05) is 96.0 Å². The molecule has 7 heteroatoms. The number of halogens is 2. The summed E-state index contributed by atoms with van der Waals surface area (Å²) < 4.78 is 17.0. The molecule has 0 aliphatic heterocycles. The molecule has 0 saturated carbocycles. The molecular weight excluding hydrogens is 510 g/mol. The van der Waals surface area contributed by atoms with Crippen LogP contribution >= 0.6 is 30.3 Å². The van der Waals surface area contributed by atoms with E-state index in [0.717, 1.165) is 5.56 Å². The van der Waals surface area contributed by atoms with E-state index >= 15 is 4.57 Å². The molecule has 180 valence electrons. The molecule has 0 amide bonds. The van der Waals surface area contributed by atoms with Crippen molar-refractivity contribution in [2.24, 2.45) is 0 Å². The Morgan fingerprint density at radius 1 is 0.722 bits per heavy atom. The molecular formula is C29H23Cl2N2O2P. The summed E-state index contributed by atoms with van der Waals surface area (Å²) in [6, 6.07) is 33.0. The Kier molecular flexibility index (Phi) is 6.77. The molecule has 1 atom stereocenters. The van der Waals surface area contributed by atoms with E-state index in [1.165, 1.54) is 4.68 Å². The van der Waals surface area contributed by atoms with Crippen LogP contribution in [0.3, 0.4) is 0 Å². The number of aryl methyl sites for hydroxylation is 1. The van der Waals surface area contributed by atoms with Crippen LogP contribution in [-0.4, -0.2) is 9.78 Å². The number of aromatic nitrogens is 2. The molecule has 1 aromatic heterocycles. The fourth-order valence-corrected chi connectivity index (χ4v) is 8.24. The number of H-pyrrole nitrogens is 1. The highest BCUT2D eigenvalue weighted by molar-refractivity contribution is 7.79. The zero-order chi connectivity index (χ0) is 25.3. The summed E-state index contributed by atoms with van der Waals surface area (Å²) in [5.74, 6) is 0. The van der Waals surface area contributed by atoms with Gasteiger partial charge in [-0.05, 0) is 48.9 Å². The Bertz CT molecular complexity index is 1550. The summed E-state index contributed by atoms with van der Waals surface area (Å²) in [4.78, 5) is 14.0. The lowest BCUT2D eigenvalue weighted by molar-refractivity contribution is 0.582. The van der Waals surface area contributed by atoms with Crippen LogP contribution in [0, 0.1) is 6.92 Å². The normalized spacial score (nSPS) is 12.4. The van der Waals surface area contributed by atoms with Gasteiger partial charge in [0.25, 0.3) is 5.56 Å². The van der Waals surface area contributed by atoms with Crippen LogP contribution in [0.2, 0.25) is 10.0 Å². The lowest BCUT2D eigenvalue weighted by atomic mass is 10.1. The van der Waals surface area contributed by atoms with Crippen molar-refractivity contribution in [2.75, 3.05) is 0 Å². The lowest BCUT2D eigenvalue weighted by Gasteiger charge is -2.29. The van der Waals surface area contributed by atoms with Crippen LogP contribution in [0.5, 0.6) is 0 Å². The standard InChI is InChI=1S/C29H23Cl2N2O2P/c1-20-27(29(34)33(32-20)24-18-16-23(31)17-19-24)28(21-12-14-22(30)15-13-21)36(35,25-8-4-2-5-9-25)26-10-6-3-7-11-26/h2-19,28,32H,1H3. The molecule has 0 saturated heterocycles. The molecule has 0 fully saturated rings. The predicted molar refractivity (Wildman–Crippen MR) is 149 cm³/mol. The van der Waals surface area contributed by atoms with Gasteiger partial charge in [0.05, 0.1) is 16.9 Å². The highest BCUT2D eigenvalue weighted by Gasteiger charge is 2.42. The third-order valence-corrected chi connectivity index (χ3v) is 10.2. The minimum absolute atomic E-state index is 0.262. The van der Waals surface area contributed by atoms with E-state index in [4.69, 9.17) is 23.2 Å². The lowest BCUT2D eigenvalue weighted by Crippen LogP contribution is -2.27. The molecule has 4 aromatic carbocycles. The van der Waals surface area contributed by atoms with Crippen molar-refractivity contribution in [3.05, 3.63) is 146 Å². The molecule has 5 aromatic rings. The van der Waals surface area contributed by atoms with Gasteiger partial charge >= 0.3 is 0 Å². The minimum atomic E-state index is -3.43. The Balaban J connectivity index is 1.83. The number of nitrogens with one attached hydrogen (secondary N) is 1. The molecule has 0 bridgehead atoms. The van der Waals surface area contributed by atoms with Crippen molar-refractivity contribution in [3.8, 4) is 5.69 Å². The van der Waals surface area contributed by atoms with Gasteiger partial charge in [0.2, 0.25) is 0 Å². The summed E-state index contributed by atoms with van der Waals surface area (Å²) >= 11 is 12.3. The minimum Gasteiger partial charge on any atom is -0.313 e. The van der Waals surface area contributed by atoms with E-state index in [1.807, 2.05) is 79.7 Å². The molecule has 0 spiro atoms. The molecule has 36 heavy (non-hydrogen) atoms. The largest absolute Gasteiger partial charge is 0.313 e. The maximum absolute atomic E-state index is 15.5. The summed E-state index contributed by atoms with van der Waals surface area (Å²) in [6.07, 6.45) is 0. The first-order valence-electron chi connectivity index (χ1n) is 11.4. The Labute approximate surface area is 219 Å². The third-order valence-electron chi connectivity index (χ3n) is 6.30. The average molecular weight is 533 g/mol. The van der Waals surface area contributed by atoms with Crippen LogP contribution in [-0.2, 0) is 4.57 Å². The first kappa shape index (κ1) is 24.4. The zero-order valence-corrected chi connectivity index (χ0v) is 21.8. The topological polar surface area (TPSA) is 54.9 Å². The quantitative estimate of drug-likeness (QED) is 0.242. The van der Waals surface area contributed by atoms with E-state index in [9.17, 15) is 4.79 Å². The molecule has 0 radical (unpaired) electrons. The first-order valence-corrected chi connectivity index (χ1v) is 14.0. The van der Waals surface area contributed by atoms with Crippen molar-refractivity contribution >= 4 is 41.0 Å². The highest BCUT2D eigenvalue weighted by Crippen LogP contribution is 2.60. The summed E-state index contributed by atoms with van der Waals surface area (Å²) in [5.41, 5.74) is 1.48. The number of benzene rings is 4. The monoisotopic (exact) mass is 532 g/mol. The predicted octanol–water partition coefficient (Wildman–Crippen LogP) is 6.88. The Hall–Kier alpha value is -3.30. The summed E-state index contributed by atoms with van der Waals surface area (Å²) in [5, 5.41) is 5.69. The molecule has 1 N–H and O–H groups in total. The number of hydrogen-bond donors (Lipinski definition) is 1. The van der Waals surface area contributed by atoms with E-state index < -0.39 is 12.8 Å². The molecule has 1 heterocycles. The van der Waals surface area contributed by atoms with Crippen molar-refractivity contribution in [1.29, 1.82) is 0 Å². The zero-order valence-electron chi connectivity index (χ0n) is 19.4. The molecule has 0 aliphatic rings. The van der Waals surface area contributed by atoms with Gasteiger partial charge in [0.15, 0.2) is 7.14 Å². The van der Waals surface area contributed by atoms with Crippen molar-refractivity contribution < 1.29 is 4.57 Å². The average Bonchev–Trinajstić information content (AvgIpc) is 3.20.